The number of rotatable bonds is 3. The van der Waals surface area contributed by atoms with E-state index in [9.17, 15) is 4.79 Å². The molecule has 3 heteroatoms. The zero-order valence-corrected chi connectivity index (χ0v) is 7.78. The normalized spacial score (nSPS) is 12.2. The summed E-state index contributed by atoms with van der Waals surface area (Å²) in [5, 5.41) is 0. The third-order valence-electron chi connectivity index (χ3n) is 2.03. The standard InChI is InChI=1S/C10H13NO2/c1-7(10(11)12)8-5-3-4-6-9(8)13-2/h3-7H,1-2H3,(H2,11,12)/t7-/m1/s1. The minimum absolute atomic E-state index is 0.309. The lowest BCUT2D eigenvalue weighted by molar-refractivity contribution is -0.119. The maximum Gasteiger partial charge on any atom is 0.224 e. The topological polar surface area (TPSA) is 52.3 Å². The summed E-state index contributed by atoms with van der Waals surface area (Å²) in [6, 6.07) is 7.37. The number of primary amides is 1. The van der Waals surface area contributed by atoms with Crippen LogP contribution in [0.25, 0.3) is 0 Å². The van der Waals surface area contributed by atoms with E-state index in [0.29, 0.717) is 5.75 Å². The Bertz CT molecular complexity index is 310. The van der Waals surface area contributed by atoms with Crippen molar-refractivity contribution in [1.82, 2.24) is 0 Å². The lowest BCUT2D eigenvalue weighted by Gasteiger charge is -2.11. The van der Waals surface area contributed by atoms with Crippen molar-refractivity contribution in [1.29, 1.82) is 0 Å². The van der Waals surface area contributed by atoms with Gasteiger partial charge in [-0.2, -0.15) is 0 Å². The van der Waals surface area contributed by atoms with Crippen LogP contribution in [-0.4, -0.2) is 13.0 Å². The number of nitrogens with two attached hydrogens (primary N) is 1. The highest BCUT2D eigenvalue weighted by Gasteiger charge is 2.15. The lowest BCUT2D eigenvalue weighted by atomic mass is 10.00. The summed E-state index contributed by atoms with van der Waals surface area (Å²) in [5.74, 6) is 0.0504. The molecule has 0 aliphatic heterocycles. The quantitative estimate of drug-likeness (QED) is 0.760. The molecule has 13 heavy (non-hydrogen) atoms. The summed E-state index contributed by atoms with van der Waals surface area (Å²) < 4.78 is 5.11. The monoisotopic (exact) mass is 179 g/mol. The summed E-state index contributed by atoms with van der Waals surface area (Å²) in [7, 11) is 1.58. The van der Waals surface area contributed by atoms with E-state index < -0.39 is 0 Å². The summed E-state index contributed by atoms with van der Waals surface area (Å²) in [6.45, 7) is 1.76. The average Bonchev–Trinajstić information content (AvgIpc) is 2.16. The number of methoxy groups -OCH3 is 1. The Kier molecular flexibility index (Phi) is 2.90. The van der Waals surface area contributed by atoms with Gasteiger partial charge in [0.2, 0.25) is 5.91 Å². The number of para-hydroxylation sites is 1. The smallest absolute Gasteiger partial charge is 0.224 e. The first-order valence-corrected chi connectivity index (χ1v) is 4.09. The molecule has 1 amide bonds. The van der Waals surface area contributed by atoms with E-state index in [1.54, 1.807) is 14.0 Å². The van der Waals surface area contributed by atoms with Crippen LogP contribution in [0.1, 0.15) is 18.4 Å². The van der Waals surface area contributed by atoms with Crippen LogP contribution in [0.3, 0.4) is 0 Å². The molecule has 0 aliphatic rings. The van der Waals surface area contributed by atoms with Crippen LogP contribution >= 0.6 is 0 Å². The zero-order chi connectivity index (χ0) is 9.84. The van der Waals surface area contributed by atoms with Crippen LogP contribution in [0.5, 0.6) is 5.75 Å². The molecule has 70 valence electrons. The van der Waals surface area contributed by atoms with Crippen molar-refractivity contribution in [3.05, 3.63) is 29.8 Å². The van der Waals surface area contributed by atoms with Gasteiger partial charge in [0, 0.05) is 5.56 Å². The number of benzene rings is 1. The number of ether oxygens (including phenoxy) is 1. The number of carbonyl (C=O) groups is 1. The van der Waals surface area contributed by atoms with Gasteiger partial charge in [-0.25, -0.2) is 0 Å². The predicted octanol–water partition coefficient (Wildman–Crippen LogP) is 1.28. The Morgan fingerprint density at radius 3 is 2.62 bits per heavy atom. The summed E-state index contributed by atoms with van der Waals surface area (Å²) in [4.78, 5) is 10.9. The molecular weight excluding hydrogens is 166 g/mol. The van der Waals surface area contributed by atoms with Crippen LogP contribution in [0.4, 0.5) is 0 Å². The second kappa shape index (κ2) is 3.94. The van der Waals surface area contributed by atoms with E-state index in [1.807, 2.05) is 24.3 Å². The largest absolute Gasteiger partial charge is 0.496 e. The molecule has 0 heterocycles. The Balaban J connectivity index is 3.05. The number of carbonyl (C=O) groups excluding carboxylic acids is 1. The van der Waals surface area contributed by atoms with Gasteiger partial charge < -0.3 is 10.5 Å². The van der Waals surface area contributed by atoms with Gasteiger partial charge in [0.1, 0.15) is 5.75 Å². The molecule has 0 unspecified atom stereocenters. The average molecular weight is 179 g/mol. The molecule has 0 bridgehead atoms. The highest BCUT2D eigenvalue weighted by Crippen LogP contribution is 2.25. The lowest BCUT2D eigenvalue weighted by Crippen LogP contribution is -2.19. The van der Waals surface area contributed by atoms with E-state index in [1.165, 1.54) is 0 Å². The number of hydrogen-bond donors (Lipinski definition) is 1. The fourth-order valence-electron chi connectivity index (χ4n) is 1.18. The van der Waals surface area contributed by atoms with Crippen molar-refractivity contribution >= 4 is 5.91 Å². The molecule has 1 aromatic rings. The van der Waals surface area contributed by atoms with Gasteiger partial charge in [-0.05, 0) is 13.0 Å². The first-order chi connectivity index (χ1) is 6.16. The SMILES string of the molecule is COc1ccccc1[C@@H](C)C(N)=O. The maximum absolute atomic E-state index is 10.9. The van der Waals surface area contributed by atoms with E-state index in [2.05, 4.69) is 0 Å². The second-order valence-corrected chi connectivity index (χ2v) is 2.87. The molecule has 2 N–H and O–H groups in total. The van der Waals surface area contributed by atoms with Crippen molar-refractivity contribution in [3.63, 3.8) is 0 Å². The van der Waals surface area contributed by atoms with E-state index in [0.717, 1.165) is 5.56 Å². The molecule has 1 aromatic carbocycles. The molecule has 0 fully saturated rings. The third kappa shape index (κ3) is 1.99. The maximum atomic E-state index is 10.9. The first kappa shape index (κ1) is 9.58. The van der Waals surface area contributed by atoms with Crippen molar-refractivity contribution in [3.8, 4) is 5.75 Å². The molecule has 0 saturated carbocycles. The zero-order valence-electron chi connectivity index (χ0n) is 7.78. The van der Waals surface area contributed by atoms with Gasteiger partial charge in [-0.3, -0.25) is 4.79 Å². The van der Waals surface area contributed by atoms with Crippen LogP contribution in [0.2, 0.25) is 0 Å². The van der Waals surface area contributed by atoms with Crippen LogP contribution < -0.4 is 10.5 Å². The van der Waals surface area contributed by atoms with Gasteiger partial charge in [-0.1, -0.05) is 18.2 Å². The third-order valence-corrected chi connectivity index (χ3v) is 2.03. The number of hydrogen-bond acceptors (Lipinski definition) is 2. The van der Waals surface area contributed by atoms with Gasteiger partial charge in [0.25, 0.3) is 0 Å². The number of amides is 1. The highest BCUT2D eigenvalue weighted by atomic mass is 16.5. The Labute approximate surface area is 77.5 Å². The van der Waals surface area contributed by atoms with Crippen molar-refractivity contribution in [2.45, 2.75) is 12.8 Å². The highest BCUT2D eigenvalue weighted by molar-refractivity contribution is 5.82. The van der Waals surface area contributed by atoms with E-state index in [4.69, 9.17) is 10.5 Å². The second-order valence-electron chi connectivity index (χ2n) is 2.87. The molecule has 0 aliphatic carbocycles. The Hall–Kier alpha value is -1.51. The van der Waals surface area contributed by atoms with E-state index in [-0.39, 0.29) is 11.8 Å². The van der Waals surface area contributed by atoms with Crippen LogP contribution in [0.15, 0.2) is 24.3 Å². The molecule has 0 spiro atoms. The molecule has 3 nitrogen and oxygen atoms in total. The fraction of sp³-hybridized carbons (Fsp3) is 0.300. The van der Waals surface area contributed by atoms with Gasteiger partial charge in [0.15, 0.2) is 0 Å². The Morgan fingerprint density at radius 2 is 2.08 bits per heavy atom. The summed E-state index contributed by atoms with van der Waals surface area (Å²) >= 11 is 0. The van der Waals surface area contributed by atoms with Crippen LogP contribution in [-0.2, 0) is 4.79 Å². The summed E-state index contributed by atoms with van der Waals surface area (Å²) in [5.41, 5.74) is 6.03. The molecule has 0 saturated heterocycles. The molecular formula is C10H13NO2. The minimum Gasteiger partial charge on any atom is -0.496 e. The molecule has 1 atom stereocenters. The van der Waals surface area contributed by atoms with Gasteiger partial charge >= 0.3 is 0 Å². The van der Waals surface area contributed by atoms with Gasteiger partial charge in [-0.15, -0.1) is 0 Å². The molecule has 0 radical (unpaired) electrons. The Morgan fingerprint density at radius 1 is 1.46 bits per heavy atom. The molecule has 0 aromatic heterocycles. The minimum atomic E-state index is -0.343. The predicted molar refractivity (Wildman–Crippen MR) is 50.6 cm³/mol. The summed E-state index contributed by atoms with van der Waals surface area (Å²) in [6.07, 6.45) is 0. The van der Waals surface area contributed by atoms with Crippen molar-refractivity contribution in [2.24, 2.45) is 5.73 Å². The van der Waals surface area contributed by atoms with Crippen molar-refractivity contribution in [2.75, 3.05) is 7.11 Å². The van der Waals surface area contributed by atoms with E-state index >= 15 is 0 Å². The van der Waals surface area contributed by atoms with Crippen LogP contribution in [0, 0.1) is 0 Å². The first-order valence-electron chi connectivity index (χ1n) is 4.09. The molecule has 1 rings (SSSR count). The van der Waals surface area contributed by atoms with Gasteiger partial charge in [0.05, 0.1) is 13.0 Å². The fourth-order valence-corrected chi connectivity index (χ4v) is 1.18. The van der Waals surface area contributed by atoms with Crippen molar-refractivity contribution < 1.29 is 9.53 Å².